The number of carboxylic acid groups (broad SMARTS) is 1. The van der Waals surface area contributed by atoms with Gasteiger partial charge in [0.15, 0.2) is 0 Å². The normalized spacial score (nSPS) is 12.5. The SMILES string of the molecule is CCO/C(C(=O)O)=C(\CC)NC(=O)OC(C)(C)C. The highest BCUT2D eigenvalue weighted by Crippen LogP contribution is 2.11. The summed E-state index contributed by atoms with van der Waals surface area (Å²) in [5, 5.41) is 11.4. The Hall–Kier alpha value is -1.72. The first-order valence-electron chi connectivity index (χ1n) is 5.80. The average molecular weight is 259 g/mol. The standard InChI is InChI=1S/C12H21NO5/c1-6-8(9(10(14)15)17-7-2)13-11(16)18-12(3,4)5/h6-7H2,1-5H3,(H,13,16)(H,14,15)/b9-8+. The number of hydrogen-bond donors (Lipinski definition) is 2. The zero-order valence-corrected chi connectivity index (χ0v) is 11.5. The molecule has 0 unspecified atom stereocenters. The summed E-state index contributed by atoms with van der Waals surface area (Å²) < 4.78 is 10.0. The molecule has 0 saturated heterocycles. The van der Waals surface area contributed by atoms with Crippen molar-refractivity contribution in [1.29, 1.82) is 0 Å². The van der Waals surface area contributed by atoms with Crippen LogP contribution < -0.4 is 5.32 Å². The number of amides is 1. The van der Waals surface area contributed by atoms with Crippen molar-refractivity contribution in [2.45, 2.75) is 46.6 Å². The summed E-state index contributed by atoms with van der Waals surface area (Å²) in [6.45, 7) is 8.77. The van der Waals surface area contributed by atoms with Crippen LogP contribution >= 0.6 is 0 Å². The van der Waals surface area contributed by atoms with E-state index in [4.69, 9.17) is 14.6 Å². The van der Waals surface area contributed by atoms with Crippen LogP contribution in [0.15, 0.2) is 11.5 Å². The number of hydrogen-bond acceptors (Lipinski definition) is 4. The third-order valence-corrected chi connectivity index (χ3v) is 1.76. The molecule has 104 valence electrons. The van der Waals surface area contributed by atoms with Gasteiger partial charge in [-0.25, -0.2) is 9.59 Å². The van der Waals surface area contributed by atoms with Crippen LogP contribution in [0.2, 0.25) is 0 Å². The number of carboxylic acids is 1. The molecule has 0 saturated carbocycles. The van der Waals surface area contributed by atoms with Crippen LogP contribution in [0, 0.1) is 0 Å². The van der Waals surface area contributed by atoms with Gasteiger partial charge in [0.05, 0.1) is 12.3 Å². The fourth-order valence-corrected chi connectivity index (χ4v) is 1.15. The van der Waals surface area contributed by atoms with E-state index in [0.717, 1.165) is 0 Å². The number of carbonyl (C=O) groups is 2. The summed E-state index contributed by atoms with van der Waals surface area (Å²) in [5.41, 5.74) is -0.448. The Bertz CT molecular complexity index is 341. The van der Waals surface area contributed by atoms with E-state index >= 15 is 0 Å². The predicted molar refractivity (Wildman–Crippen MR) is 65.9 cm³/mol. The highest BCUT2D eigenvalue weighted by molar-refractivity contribution is 5.86. The van der Waals surface area contributed by atoms with Crippen molar-refractivity contribution in [3.8, 4) is 0 Å². The maximum absolute atomic E-state index is 11.5. The molecule has 6 nitrogen and oxygen atoms in total. The van der Waals surface area contributed by atoms with Crippen LogP contribution in [-0.2, 0) is 14.3 Å². The lowest BCUT2D eigenvalue weighted by Gasteiger charge is -2.20. The molecule has 6 heteroatoms. The van der Waals surface area contributed by atoms with Crippen LogP contribution in [0.25, 0.3) is 0 Å². The van der Waals surface area contributed by atoms with Gasteiger partial charge in [0.25, 0.3) is 0 Å². The molecule has 0 aromatic carbocycles. The number of alkyl carbamates (subject to hydrolysis) is 1. The zero-order valence-electron chi connectivity index (χ0n) is 11.5. The van der Waals surface area contributed by atoms with Gasteiger partial charge in [0.2, 0.25) is 5.76 Å². The van der Waals surface area contributed by atoms with Crippen molar-refractivity contribution in [2.24, 2.45) is 0 Å². The minimum Gasteiger partial charge on any atom is -0.486 e. The second-order valence-corrected chi connectivity index (χ2v) is 4.53. The molecule has 0 bridgehead atoms. The Morgan fingerprint density at radius 1 is 1.22 bits per heavy atom. The Kier molecular flexibility index (Phi) is 6.22. The highest BCUT2D eigenvalue weighted by Gasteiger charge is 2.20. The molecule has 1 amide bonds. The van der Waals surface area contributed by atoms with Crippen molar-refractivity contribution < 1.29 is 24.2 Å². The number of allylic oxidation sites excluding steroid dienone is 1. The third kappa shape index (κ3) is 6.12. The van der Waals surface area contributed by atoms with Gasteiger partial charge >= 0.3 is 12.1 Å². The number of ether oxygens (including phenoxy) is 2. The number of carbonyl (C=O) groups excluding carboxylic acids is 1. The Labute approximate surface area is 107 Å². The minimum atomic E-state index is -1.22. The third-order valence-electron chi connectivity index (χ3n) is 1.76. The van der Waals surface area contributed by atoms with Crippen LogP contribution in [-0.4, -0.2) is 29.4 Å². The molecule has 0 aromatic heterocycles. The molecule has 18 heavy (non-hydrogen) atoms. The molecule has 0 aliphatic rings. The van der Waals surface area contributed by atoms with Crippen LogP contribution in [0.4, 0.5) is 4.79 Å². The van der Waals surface area contributed by atoms with Crippen molar-refractivity contribution in [1.82, 2.24) is 5.32 Å². The summed E-state index contributed by atoms with van der Waals surface area (Å²) in [6.07, 6.45) is -0.376. The summed E-state index contributed by atoms with van der Waals surface area (Å²) in [5.74, 6) is -1.48. The van der Waals surface area contributed by atoms with Crippen LogP contribution in [0.3, 0.4) is 0 Å². The summed E-state index contributed by atoms with van der Waals surface area (Å²) in [7, 11) is 0. The van der Waals surface area contributed by atoms with Gasteiger partial charge in [-0.1, -0.05) is 6.92 Å². The van der Waals surface area contributed by atoms with Gasteiger partial charge in [0, 0.05) is 0 Å². The maximum Gasteiger partial charge on any atom is 0.412 e. The molecule has 0 atom stereocenters. The maximum atomic E-state index is 11.5. The van der Waals surface area contributed by atoms with Gasteiger partial charge in [-0.3, -0.25) is 5.32 Å². The van der Waals surface area contributed by atoms with E-state index < -0.39 is 17.7 Å². The summed E-state index contributed by atoms with van der Waals surface area (Å²) in [6, 6.07) is 0. The minimum absolute atomic E-state index is 0.193. The van der Waals surface area contributed by atoms with Crippen molar-refractivity contribution in [2.75, 3.05) is 6.61 Å². The molecule has 0 heterocycles. The number of rotatable bonds is 5. The van der Waals surface area contributed by atoms with E-state index in [1.54, 1.807) is 34.6 Å². The first kappa shape index (κ1) is 16.3. The molecule has 0 fully saturated rings. The Balaban J connectivity index is 4.91. The first-order chi connectivity index (χ1) is 8.21. The van der Waals surface area contributed by atoms with Crippen LogP contribution in [0.5, 0.6) is 0 Å². The summed E-state index contributed by atoms with van der Waals surface area (Å²) in [4.78, 5) is 22.5. The zero-order chi connectivity index (χ0) is 14.3. The van der Waals surface area contributed by atoms with Gasteiger partial charge < -0.3 is 14.6 Å². The fourth-order valence-electron chi connectivity index (χ4n) is 1.15. The van der Waals surface area contributed by atoms with Gasteiger partial charge in [-0.15, -0.1) is 0 Å². The molecule has 0 aromatic rings. The summed E-state index contributed by atoms with van der Waals surface area (Å²) >= 11 is 0. The predicted octanol–water partition coefficient (Wildman–Crippen LogP) is 2.25. The van der Waals surface area contributed by atoms with E-state index in [0.29, 0.717) is 6.42 Å². The van der Waals surface area contributed by atoms with Crippen molar-refractivity contribution in [3.63, 3.8) is 0 Å². The lowest BCUT2D eigenvalue weighted by molar-refractivity contribution is -0.136. The largest absolute Gasteiger partial charge is 0.486 e. The molecular weight excluding hydrogens is 238 g/mol. The number of aliphatic carboxylic acids is 1. The van der Waals surface area contributed by atoms with E-state index in [9.17, 15) is 9.59 Å². The van der Waals surface area contributed by atoms with Gasteiger partial charge in [-0.05, 0) is 34.1 Å². The van der Waals surface area contributed by atoms with E-state index in [1.807, 2.05) is 0 Å². The van der Waals surface area contributed by atoms with Gasteiger partial charge in [0.1, 0.15) is 5.60 Å². The fraction of sp³-hybridized carbons (Fsp3) is 0.667. The molecule has 0 spiro atoms. The Morgan fingerprint density at radius 2 is 1.78 bits per heavy atom. The van der Waals surface area contributed by atoms with E-state index in [-0.39, 0.29) is 18.1 Å². The quantitative estimate of drug-likeness (QED) is 0.584. The second-order valence-electron chi connectivity index (χ2n) is 4.53. The average Bonchev–Trinajstić information content (AvgIpc) is 2.20. The molecular formula is C12H21NO5. The smallest absolute Gasteiger partial charge is 0.412 e. The first-order valence-corrected chi connectivity index (χ1v) is 5.80. The highest BCUT2D eigenvalue weighted by atomic mass is 16.6. The van der Waals surface area contributed by atoms with Crippen molar-refractivity contribution >= 4 is 12.1 Å². The molecule has 0 radical (unpaired) electrons. The molecule has 2 N–H and O–H groups in total. The van der Waals surface area contributed by atoms with E-state index in [1.165, 1.54) is 0 Å². The molecule has 0 aliphatic carbocycles. The number of nitrogens with one attached hydrogen (secondary N) is 1. The molecule has 0 aliphatic heterocycles. The topological polar surface area (TPSA) is 84.9 Å². The van der Waals surface area contributed by atoms with E-state index in [2.05, 4.69) is 5.32 Å². The second kappa shape index (κ2) is 6.88. The monoisotopic (exact) mass is 259 g/mol. The molecule has 0 rings (SSSR count). The lowest BCUT2D eigenvalue weighted by Crippen LogP contribution is -2.33. The lowest BCUT2D eigenvalue weighted by atomic mass is 10.2. The van der Waals surface area contributed by atoms with Crippen molar-refractivity contribution in [3.05, 3.63) is 11.5 Å². The van der Waals surface area contributed by atoms with Crippen LogP contribution in [0.1, 0.15) is 41.0 Å². The van der Waals surface area contributed by atoms with Gasteiger partial charge in [-0.2, -0.15) is 0 Å². The Morgan fingerprint density at radius 3 is 2.11 bits per heavy atom.